The van der Waals surface area contributed by atoms with Gasteiger partial charge in [0.15, 0.2) is 0 Å². The van der Waals surface area contributed by atoms with Gasteiger partial charge in [-0.15, -0.1) is 0 Å². The molecule has 10 nitrogen and oxygen atoms in total. The van der Waals surface area contributed by atoms with E-state index in [9.17, 15) is 19.2 Å². The number of benzene rings is 2. The van der Waals surface area contributed by atoms with Gasteiger partial charge in [-0.1, -0.05) is 67.6 Å². The Hall–Kier alpha value is -3.63. The summed E-state index contributed by atoms with van der Waals surface area (Å²) in [6, 6.07) is 16.3. The number of carbonyl (C=O) groups is 4. The molecule has 2 fully saturated rings. The number of fused-ring (bicyclic) bond motifs is 1. The summed E-state index contributed by atoms with van der Waals surface area (Å²) >= 11 is 0. The van der Waals surface area contributed by atoms with Crippen LogP contribution in [0, 0.1) is 5.92 Å². The Labute approximate surface area is 254 Å². The molecule has 0 unspecified atom stereocenters. The minimum absolute atomic E-state index is 0. The number of carbonyl (C=O) groups excluding carboxylic acids is 4. The number of nitrogens with zero attached hydrogens (tertiary/aromatic N) is 1. The Kier molecular flexibility index (Phi) is 12.2. The van der Waals surface area contributed by atoms with Crippen LogP contribution < -0.4 is 39.4 Å². The van der Waals surface area contributed by atoms with Crippen LogP contribution in [-0.2, 0) is 14.4 Å². The van der Waals surface area contributed by atoms with Gasteiger partial charge in [0, 0.05) is 25.0 Å². The number of halogens is 1. The highest BCUT2D eigenvalue weighted by atomic mass is 35.5. The summed E-state index contributed by atoms with van der Waals surface area (Å²) in [5.74, 6) is -1.29. The molecular formula is C31H42ClN6O4-. The second-order valence-electron chi connectivity index (χ2n) is 10.8. The first-order valence-corrected chi connectivity index (χ1v) is 14.6. The zero-order valence-corrected chi connectivity index (χ0v) is 25.0. The molecule has 42 heavy (non-hydrogen) atoms. The molecule has 5 amide bonds. The molecule has 2 aliphatic heterocycles. The van der Waals surface area contributed by atoms with Crippen molar-refractivity contribution in [3.63, 3.8) is 0 Å². The van der Waals surface area contributed by atoms with Crippen LogP contribution in [0.2, 0.25) is 0 Å². The molecule has 6 N–H and O–H groups in total. The average Bonchev–Trinajstić information content (AvgIpc) is 3.38. The first-order chi connectivity index (χ1) is 19.8. The number of urea groups is 1. The van der Waals surface area contributed by atoms with Gasteiger partial charge in [0.05, 0.1) is 12.1 Å². The van der Waals surface area contributed by atoms with E-state index in [4.69, 9.17) is 5.73 Å². The molecule has 0 saturated carbocycles. The predicted molar refractivity (Wildman–Crippen MR) is 157 cm³/mol. The predicted octanol–water partition coefficient (Wildman–Crippen LogP) is -0.793. The van der Waals surface area contributed by atoms with Crippen LogP contribution in [0.25, 0.3) is 0 Å². The van der Waals surface area contributed by atoms with Gasteiger partial charge in [0.25, 0.3) is 0 Å². The van der Waals surface area contributed by atoms with E-state index < -0.39 is 24.0 Å². The van der Waals surface area contributed by atoms with Crippen molar-refractivity contribution in [2.45, 2.75) is 76.2 Å². The topological polar surface area (TPSA) is 146 Å². The highest BCUT2D eigenvalue weighted by Gasteiger charge is 2.48. The molecular weight excluding hydrogens is 556 g/mol. The minimum Gasteiger partial charge on any atom is -1.00 e. The average molecular weight is 598 g/mol. The van der Waals surface area contributed by atoms with Gasteiger partial charge in [0.2, 0.25) is 17.7 Å². The summed E-state index contributed by atoms with van der Waals surface area (Å²) in [5, 5.41) is 11.6. The van der Waals surface area contributed by atoms with Crippen LogP contribution in [0.4, 0.5) is 4.79 Å². The zero-order chi connectivity index (χ0) is 29.4. The lowest BCUT2D eigenvalue weighted by Crippen LogP contribution is -3.00. The molecule has 0 aromatic heterocycles. The number of nitrogens with one attached hydrogen (secondary N) is 4. The Morgan fingerprint density at radius 2 is 1.50 bits per heavy atom. The number of hydrogen-bond acceptors (Lipinski definition) is 5. The van der Waals surface area contributed by atoms with Crippen molar-refractivity contribution in [2.75, 3.05) is 13.1 Å². The lowest BCUT2D eigenvalue weighted by molar-refractivity contribution is -0.143. The smallest absolute Gasteiger partial charge is 0.314 e. The third kappa shape index (κ3) is 7.80. The maximum absolute atomic E-state index is 14.2. The van der Waals surface area contributed by atoms with E-state index in [1.165, 1.54) is 0 Å². The number of hydrogen-bond donors (Lipinski definition) is 5. The fourth-order valence-corrected chi connectivity index (χ4v) is 5.87. The summed E-state index contributed by atoms with van der Waals surface area (Å²) in [5.41, 5.74) is 7.88. The van der Waals surface area contributed by atoms with Crippen LogP contribution in [0.3, 0.4) is 0 Å². The van der Waals surface area contributed by atoms with Gasteiger partial charge in [-0.2, -0.15) is 0 Å². The summed E-state index contributed by atoms with van der Waals surface area (Å²) in [6.07, 6.45) is 2.93. The highest BCUT2D eigenvalue weighted by Crippen LogP contribution is 2.34. The van der Waals surface area contributed by atoms with Crippen molar-refractivity contribution in [2.24, 2.45) is 11.7 Å². The standard InChI is InChI=1S/C31H42N6O4.ClH/c1-3-24(32)28(38)36-27-22(19-34-31(41)33-4-2)15-16-23-17-18-25(37(23)30(27)40)29(39)35-26(20-11-7-5-8-12-20)21-13-9-6-10-14-21;/h5-14,22-27H,3-4,15-19,32H2,1-2H3,(H,35,39)(H,36,38)(H2,33,34,41);1H/p-1/t22-,23+,24+,25+,27+;/m1./s1. The Morgan fingerprint density at radius 3 is 2.07 bits per heavy atom. The summed E-state index contributed by atoms with van der Waals surface area (Å²) in [4.78, 5) is 54.7. The van der Waals surface area contributed by atoms with Gasteiger partial charge in [-0.05, 0) is 50.2 Å². The van der Waals surface area contributed by atoms with Gasteiger partial charge >= 0.3 is 6.03 Å². The van der Waals surface area contributed by atoms with Gasteiger partial charge < -0.3 is 44.3 Å². The van der Waals surface area contributed by atoms with Crippen LogP contribution in [0.5, 0.6) is 0 Å². The monoisotopic (exact) mass is 597 g/mol. The van der Waals surface area contributed by atoms with E-state index in [1.807, 2.05) is 67.6 Å². The van der Waals surface area contributed by atoms with E-state index in [0.717, 1.165) is 11.1 Å². The Balaban J connectivity index is 0.00000484. The van der Waals surface area contributed by atoms with Crippen LogP contribution >= 0.6 is 0 Å². The molecule has 0 spiro atoms. The fraction of sp³-hybridized carbons (Fsp3) is 0.484. The third-order valence-corrected chi connectivity index (χ3v) is 8.16. The van der Waals surface area contributed by atoms with Crippen LogP contribution in [-0.4, -0.2) is 65.9 Å². The summed E-state index contributed by atoms with van der Waals surface area (Å²) < 4.78 is 0. The molecule has 0 aliphatic carbocycles. The quantitative estimate of drug-likeness (QED) is 0.244. The fourth-order valence-electron chi connectivity index (χ4n) is 5.87. The summed E-state index contributed by atoms with van der Waals surface area (Å²) in [7, 11) is 0. The minimum atomic E-state index is -0.903. The second kappa shape index (κ2) is 15.6. The Bertz CT molecular complexity index is 1160. The van der Waals surface area contributed by atoms with Crippen LogP contribution in [0.1, 0.15) is 63.1 Å². The molecule has 2 saturated heterocycles. The normalized spacial score (nSPS) is 22.3. The number of rotatable bonds is 10. The second-order valence-corrected chi connectivity index (χ2v) is 10.8. The van der Waals surface area contributed by atoms with Crippen molar-refractivity contribution in [1.29, 1.82) is 0 Å². The number of nitrogens with two attached hydrogens (primary N) is 1. The van der Waals surface area contributed by atoms with Crippen molar-refractivity contribution >= 4 is 23.8 Å². The molecule has 0 bridgehead atoms. The lowest BCUT2D eigenvalue weighted by atomic mass is 9.92. The largest absolute Gasteiger partial charge is 1.00 e. The molecule has 2 aromatic carbocycles. The molecule has 2 aromatic rings. The maximum Gasteiger partial charge on any atom is 0.314 e. The first-order valence-electron chi connectivity index (χ1n) is 14.6. The number of amides is 5. The van der Waals surface area contributed by atoms with Crippen molar-refractivity contribution in [3.8, 4) is 0 Å². The first kappa shape index (κ1) is 32.9. The third-order valence-electron chi connectivity index (χ3n) is 8.16. The van der Waals surface area contributed by atoms with Gasteiger partial charge in [0.1, 0.15) is 12.1 Å². The van der Waals surface area contributed by atoms with E-state index in [2.05, 4.69) is 21.3 Å². The molecule has 2 aliphatic rings. The van der Waals surface area contributed by atoms with Crippen molar-refractivity contribution in [3.05, 3.63) is 71.8 Å². The highest BCUT2D eigenvalue weighted by molar-refractivity contribution is 5.94. The maximum atomic E-state index is 14.2. The SMILES string of the molecule is CCNC(=O)NC[C@H]1CC[C@H]2CC[C@@H](C(=O)NC(c3ccccc3)c3ccccc3)N2C(=O)[C@H]1NC(=O)[C@@H](N)CC.[Cl-]. The van der Waals surface area contributed by atoms with E-state index in [1.54, 1.807) is 11.8 Å². The van der Waals surface area contributed by atoms with E-state index >= 15 is 0 Å². The van der Waals surface area contributed by atoms with Crippen molar-refractivity contribution < 1.29 is 31.6 Å². The molecule has 4 rings (SSSR count). The van der Waals surface area contributed by atoms with Gasteiger partial charge in [-0.25, -0.2) is 4.79 Å². The molecule has 0 radical (unpaired) electrons. The van der Waals surface area contributed by atoms with Gasteiger partial charge in [-0.3, -0.25) is 14.4 Å². The molecule has 228 valence electrons. The van der Waals surface area contributed by atoms with E-state index in [0.29, 0.717) is 38.6 Å². The molecule has 5 atom stereocenters. The van der Waals surface area contributed by atoms with E-state index in [-0.39, 0.29) is 54.8 Å². The zero-order valence-electron chi connectivity index (χ0n) is 24.2. The Morgan fingerprint density at radius 1 is 0.905 bits per heavy atom. The molecule has 2 heterocycles. The molecule has 11 heteroatoms. The van der Waals surface area contributed by atoms with Crippen molar-refractivity contribution in [1.82, 2.24) is 26.2 Å². The lowest BCUT2D eigenvalue weighted by Gasteiger charge is -2.33. The van der Waals surface area contributed by atoms with Crippen LogP contribution in [0.15, 0.2) is 60.7 Å². The summed E-state index contributed by atoms with van der Waals surface area (Å²) in [6.45, 7) is 4.32.